The van der Waals surface area contributed by atoms with Gasteiger partial charge < -0.3 is 19.8 Å². The molecule has 1 fully saturated rings. The Morgan fingerprint density at radius 1 is 1.38 bits per heavy atom. The summed E-state index contributed by atoms with van der Waals surface area (Å²) >= 11 is 0. The third-order valence-electron chi connectivity index (χ3n) is 3.28. The van der Waals surface area contributed by atoms with Crippen molar-refractivity contribution in [1.29, 1.82) is 0 Å². The van der Waals surface area contributed by atoms with Gasteiger partial charge in [-0.25, -0.2) is 4.79 Å². The molecular weight excluding hydrogens is 274 g/mol. The second-order valence-corrected chi connectivity index (χ2v) is 5.40. The number of hydrogen-bond donors (Lipinski definition) is 2. The Labute approximate surface area is 122 Å². The van der Waals surface area contributed by atoms with E-state index in [0.29, 0.717) is 11.3 Å². The van der Waals surface area contributed by atoms with Gasteiger partial charge in [0.2, 0.25) is 0 Å². The first-order valence-corrected chi connectivity index (χ1v) is 6.87. The number of carboxylic acid groups (broad SMARTS) is 1. The molecule has 0 bridgehead atoms. The Balaban J connectivity index is 2.21. The molecule has 1 aliphatic heterocycles. The fourth-order valence-electron chi connectivity index (χ4n) is 2.41. The molecule has 2 N–H and O–H groups in total. The molecule has 1 heterocycles. The Bertz CT molecular complexity index is 543. The molecule has 0 saturated carbocycles. The first-order valence-electron chi connectivity index (χ1n) is 6.87. The third-order valence-corrected chi connectivity index (χ3v) is 3.28. The number of carbonyl (C=O) groups is 2. The molecule has 0 unspecified atom stereocenters. The molecule has 2 atom stereocenters. The van der Waals surface area contributed by atoms with Gasteiger partial charge in [-0.2, -0.15) is 0 Å². The summed E-state index contributed by atoms with van der Waals surface area (Å²) in [5, 5.41) is 18.7. The highest BCUT2D eigenvalue weighted by atomic mass is 16.5. The number of amides is 1. The highest BCUT2D eigenvalue weighted by Gasteiger charge is 2.39. The van der Waals surface area contributed by atoms with Gasteiger partial charge in [-0.15, -0.1) is 0 Å². The van der Waals surface area contributed by atoms with E-state index in [1.807, 2.05) is 13.8 Å². The predicted octanol–water partition coefficient (Wildman–Crippen LogP) is 1.13. The van der Waals surface area contributed by atoms with Crippen LogP contribution in [0.15, 0.2) is 24.3 Å². The zero-order valence-electron chi connectivity index (χ0n) is 12.0. The van der Waals surface area contributed by atoms with E-state index in [4.69, 9.17) is 9.84 Å². The number of aliphatic carboxylic acids is 1. The van der Waals surface area contributed by atoms with Crippen molar-refractivity contribution < 1.29 is 24.5 Å². The Morgan fingerprint density at radius 2 is 2.10 bits per heavy atom. The molecule has 21 heavy (non-hydrogen) atoms. The van der Waals surface area contributed by atoms with Gasteiger partial charge in [0.15, 0.2) is 0 Å². The topological polar surface area (TPSA) is 87.1 Å². The van der Waals surface area contributed by atoms with Crippen molar-refractivity contribution in [2.24, 2.45) is 0 Å². The first kappa shape index (κ1) is 15.3. The van der Waals surface area contributed by atoms with E-state index in [1.165, 1.54) is 4.90 Å². The minimum Gasteiger partial charge on any atom is -0.491 e. The number of nitrogens with zero attached hydrogens (tertiary/aromatic N) is 1. The average molecular weight is 293 g/mol. The zero-order chi connectivity index (χ0) is 15.6. The van der Waals surface area contributed by atoms with E-state index < -0.39 is 24.0 Å². The summed E-state index contributed by atoms with van der Waals surface area (Å²) in [6.07, 6.45) is -0.760. The summed E-state index contributed by atoms with van der Waals surface area (Å²) in [5.74, 6) is -0.954. The zero-order valence-corrected chi connectivity index (χ0v) is 12.0. The van der Waals surface area contributed by atoms with Crippen LogP contribution >= 0.6 is 0 Å². The van der Waals surface area contributed by atoms with Crippen LogP contribution in [0.25, 0.3) is 0 Å². The first-order chi connectivity index (χ1) is 9.88. The molecule has 1 aliphatic rings. The van der Waals surface area contributed by atoms with E-state index in [1.54, 1.807) is 24.3 Å². The molecule has 1 amide bonds. The minimum absolute atomic E-state index is 0.0178. The van der Waals surface area contributed by atoms with Crippen LogP contribution < -0.4 is 4.74 Å². The van der Waals surface area contributed by atoms with Crippen molar-refractivity contribution >= 4 is 11.9 Å². The monoisotopic (exact) mass is 293 g/mol. The summed E-state index contributed by atoms with van der Waals surface area (Å²) < 4.78 is 5.53. The summed E-state index contributed by atoms with van der Waals surface area (Å²) in [6, 6.07) is 5.64. The Hall–Kier alpha value is -2.08. The van der Waals surface area contributed by atoms with Gasteiger partial charge in [0, 0.05) is 18.5 Å². The molecule has 0 radical (unpaired) electrons. The Morgan fingerprint density at radius 3 is 2.71 bits per heavy atom. The molecule has 0 aliphatic carbocycles. The SMILES string of the molecule is CC(C)Oc1cccc(C(=O)N2C[C@H](O)C[C@@H]2C(=O)O)c1. The van der Waals surface area contributed by atoms with Gasteiger partial charge in [-0.05, 0) is 32.0 Å². The van der Waals surface area contributed by atoms with Crippen molar-refractivity contribution in [3.63, 3.8) is 0 Å². The van der Waals surface area contributed by atoms with Gasteiger partial charge in [0.25, 0.3) is 5.91 Å². The molecule has 0 spiro atoms. The van der Waals surface area contributed by atoms with Crippen LogP contribution in [0.4, 0.5) is 0 Å². The van der Waals surface area contributed by atoms with Gasteiger partial charge in [-0.3, -0.25) is 4.79 Å². The maximum absolute atomic E-state index is 12.4. The van der Waals surface area contributed by atoms with Gasteiger partial charge in [-0.1, -0.05) is 6.07 Å². The number of benzene rings is 1. The number of likely N-dealkylation sites (tertiary alicyclic amines) is 1. The average Bonchev–Trinajstić information content (AvgIpc) is 2.80. The van der Waals surface area contributed by atoms with Crippen molar-refractivity contribution in [2.45, 2.75) is 38.5 Å². The van der Waals surface area contributed by atoms with Crippen LogP contribution in [0.2, 0.25) is 0 Å². The lowest BCUT2D eigenvalue weighted by Gasteiger charge is -2.21. The number of β-amino-alcohol motifs (C(OH)–C–C–N with tert-alkyl or cyclic N) is 1. The maximum atomic E-state index is 12.4. The number of carboxylic acids is 1. The molecule has 1 saturated heterocycles. The van der Waals surface area contributed by atoms with Crippen molar-refractivity contribution in [2.75, 3.05) is 6.54 Å². The normalized spacial score (nSPS) is 21.6. The second-order valence-electron chi connectivity index (χ2n) is 5.40. The van der Waals surface area contributed by atoms with Crippen molar-refractivity contribution in [3.05, 3.63) is 29.8 Å². The number of carbonyl (C=O) groups excluding carboxylic acids is 1. The lowest BCUT2D eigenvalue weighted by Crippen LogP contribution is -2.40. The fourth-order valence-corrected chi connectivity index (χ4v) is 2.41. The lowest BCUT2D eigenvalue weighted by molar-refractivity contribution is -0.141. The minimum atomic E-state index is -1.10. The molecule has 0 aromatic heterocycles. The van der Waals surface area contributed by atoms with E-state index in [-0.39, 0.29) is 19.1 Å². The van der Waals surface area contributed by atoms with Crippen LogP contribution in [-0.4, -0.2) is 51.8 Å². The van der Waals surface area contributed by atoms with Crippen LogP contribution in [0.5, 0.6) is 5.75 Å². The number of ether oxygens (including phenoxy) is 1. The van der Waals surface area contributed by atoms with Gasteiger partial charge in [0.1, 0.15) is 11.8 Å². The van der Waals surface area contributed by atoms with Crippen LogP contribution in [0.1, 0.15) is 30.6 Å². The Kier molecular flexibility index (Phi) is 4.47. The van der Waals surface area contributed by atoms with Crippen LogP contribution in [0, 0.1) is 0 Å². The quantitative estimate of drug-likeness (QED) is 0.869. The summed E-state index contributed by atoms with van der Waals surface area (Å²) in [7, 11) is 0. The molecule has 114 valence electrons. The van der Waals surface area contributed by atoms with E-state index in [2.05, 4.69) is 0 Å². The van der Waals surface area contributed by atoms with Crippen molar-refractivity contribution in [3.8, 4) is 5.75 Å². The third kappa shape index (κ3) is 3.52. The fraction of sp³-hybridized carbons (Fsp3) is 0.467. The molecule has 6 heteroatoms. The number of hydrogen-bond acceptors (Lipinski definition) is 4. The summed E-state index contributed by atoms with van der Waals surface area (Å²) in [4.78, 5) is 24.8. The van der Waals surface area contributed by atoms with Gasteiger partial charge >= 0.3 is 5.97 Å². The molecule has 1 aromatic rings. The standard InChI is InChI=1S/C15H19NO5/c1-9(2)21-12-5-3-4-10(6-12)14(18)16-8-11(17)7-13(16)15(19)20/h3-6,9,11,13,17H,7-8H2,1-2H3,(H,19,20)/t11-,13-/m1/s1. The number of aliphatic hydroxyl groups excluding tert-OH is 1. The second kappa shape index (κ2) is 6.13. The van der Waals surface area contributed by atoms with Gasteiger partial charge in [0.05, 0.1) is 12.2 Å². The smallest absolute Gasteiger partial charge is 0.326 e. The molecule has 6 nitrogen and oxygen atoms in total. The predicted molar refractivity (Wildman–Crippen MR) is 75.3 cm³/mol. The largest absolute Gasteiger partial charge is 0.491 e. The lowest BCUT2D eigenvalue weighted by atomic mass is 10.1. The van der Waals surface area contributed by atoms with Crippen molar-refractivity contribution in [1.82, 2.24) is 4.90 Å². The molecule has 2 rings (SSSR count). The highest BCUT2D eigenvalue weighted by Crippen LogP contribution is 2.23. The van der Waals surface area contributed by atoms with Crippen LogP contribution in [0.3, 0.4) is 0 Å². The summed E-state index contributed by atoms with van der Waals surface area (Å²) in [6.45, 7) is 3.79. The van der Waals surface area contributed by atoms with E-state index in [9.17, 15) is 14.7 Å². The maximum Gasteiger partial charge on any atom is 0.326 e. The highest BCUT2D eigenvalue weighted by molar-refractivity contribution is 5.97. The molecular formula is C15H19NO5. The molecule has 1 aromatic carbocycles. The van der Waals surface area contributed by atoms with E-state index in [0.717, 1.165) is 0 Å². The van der Waals surface area contributed by atoms with E-state index >= 15 is 0 Å². The van der Waals surface area contributed by atoms with Crippen LogP contribution in [-0.2, 0) is 4.79 Å². The number of aliphatic hydroxyl groups is 1. The summed E-state index contributed by atoms with van der Waals surface area (Å²) in [5.41, 5.74) is 0.355. The number of rotatable bonds is 4.